The van der Waals surface area contributed by atoms with Gasteiger partial charge >= 0.3 is 12.4 Å². The molecule has 0 saturated carbocycles. The van der Waals surface area contributed by atoms with Crippen molar-refractivity contribution in [2.45, 2.75) is 25.3 Å². The summed E-state index contributed by atoms with van der Waals surface area (Å²) in [6.07, 6.45) is -7.16. The van der Waals surface area contributed by atoms with Crippen LogP contribution in [0.25, 0.3) is 11.3 Å². The third kappa shape index (κ3) is 5.13. The molecule has 0 fully saturated rings. The maximum atomic E-state index is 13.0. The van der Waals surface area contributed by atoms with Gasteiger partial charge in [-0.15, -0.1) is 0 Å². The molecule has 3 rings (SSSR count). The van der Waals surface area contributed by atoms with E-state index in [2.05, 4.69) is 10.1 Å². The number of halogens is 6. The molecule has 0 aliphatic heterocycles. The van der Waals surface area contributed by atoms with Crippen molar-refractivity contribution in [3.63, 3.8) is 0 Å². The van der Waals surface area contributed by atoms with E-state index in [4.69, 9.17) is 0 Å². The van der Waals surface area contributed by atoms with Gasteiger partial charge in [-0.2, -0.15) is 31.4 Å². The maximum absolute atomic E-state index is 13.0. The average Bonchev–Trinajstić information content (AvgIpc) is 2.72. The molecule has 2 aromatic heterocycles. The highest BCUT2D eigenvalue weighted by Crippen LogP contribution is 2.37. The lowest BCUT2D eigenvalue weighted by molar-refractivity contribution is -0.143. The number of hydrogen-bond donors (Lipinski definition) is 1. The number of amides is 1. The van der Waals surface area contributed by atoms with Gasteiger partial charge in [-0.25, -0.2) is 4.68 Å². The number of nitrogens with zero attached hydrogens (tertiary/aromatic N) is 3. The quantitative estimate of drug-likeness (QED) is 0.585. The Kier molecular flexibility index (Phi) is 6.06. The standard InChI is InChI=1S/C20H14F6N4O2/c1-11(30-17(31)5-4-16(29-30)12-3-2-6-27-10-12)18(32)28-15-8-13(19(21,22)23)7-14(9-15)20(24,25)26/h2-11H,1H3,(H,28,32). The molecule has 1 unspecified atom stereocenters. The molecule has 0 spiro atoms. The molecule has 0 bridgehead atoms. The largest absolute Gasteiger partial charge is 0.416 e. The Bertz CT molecular complexity index is 1160. The molecule has 0 aliphatic carbocycles. The second-order valence-electron chi connectivity index (χ2n) is 6.70. The third-order valence-electron chi connectivity index (χ3n) is 4.38. The summed E-state index contributed by atoms with van der Waals surface area (Å²) in [4.78, 5) is 28.6. The Balaban J connectivity index is 1.93. The topological polar surface area (TPSA) is 76.9 Å². The van der Waals surface area contributed by atoms with E-state index in [0.717, 1.165) is 10.7 Å². The predicted molar refractivity (Wildman–Crippen MR) is 102 cm³/mol. The van der Waals surface area contributed by atoms with Crippen molar-refractivity contribution >= 4 is 11.6 Å². The fourth-order valence-corrected chi connectivity index (χ4v) is 2.76. The minimum absolute atomic E-state index is 0.0531. The second kappa shape index (κ2) is 8.44. The predicted octanol–water partition coefficient (Wildman–Crippen LogP) is 4.54. The molecule has 2 heterocycles. The van der Waals surface area contributed by atoms with E-state index >= 15 is 0 Å². The minimum Gasteiger partial charge on any atom is -0.324 e. The zero-order valence-corrected chi connectivity index (χ0v) is 16.2. The number of alkyl halides is 6. The van der Waals surface area contributed by atoms with Gasteiger partial charge in [0.25, 0.3) is 5.56 Å². The normalized spacial score (nSPS) is 13.0. The molecule has 168 valence electrons. The van der Waals surface area contributed by atoms with Crippen molar-refractivity contribution in [3.05, 3.63) is 76.3 Å². The highest BCUT2D eigenvalue weighted by atomic mass is 19.4. The Morgan fingerprint density at radius 2 is 1.62 bits per heavy atom. The van der Waals surface area contributed by atoms with E-state index < -0.39 is 46.7 Å². The number of nitrogens with one attached hydrogen (secondary N) is 1. The van der Waals surface area contributed by atoms with Crippen LogP contribution in [0.1, 0.15) is 24.1 Å². The molecule has 0 radical (unpaired) electrons. The van der Waals surface area contributed by atoms with Gasteiger partial charge in [-0.3, -0.25) is 14.6 Å². The molecule has 1 aromatic carbocycles. The molecule has 3 aromatic rings. The molecule has 1 amide bonds. The fourth-order valence-electron chi connectivity index (χ4n) is 2.76. The zero-order chi connectivity index (χ0) is 23.7. The van der Waals surface area contributed by atoms with Gasteiger partial charge in [-0.05, 0) is 43.3 Å². The van der Waals surface area contributed by atoms with E-state index in [1.807, 2.05) is 5.32 Å². The first kappa shape index (κ1) is 23.0. The van der Waals surface area contributed by atoms with Crippen molar-refractivity contribution in [2.24, 2.45) is 0 Å². The van der Waals surface area contributed by atoms with Crippen molar-refractivity contribution in [1.82, 2.24) is 14.8 Å². The average molecular weight is 456 g/mol. The van der Waals surface area contributed by atoms with Crippen LogP contribution < -0.4 is 10.9 Å². The number of pyridine rings is 1. The van der Waals surface area contributed by atoms with E-state index in [9.17, 15) is 35.9 Å². The van der Waals surface area contributed by atoms with Crippen LogP contribution in [0.2, 0.25) is 0 Å². The Hall–Kier alpha value is -3.70. The molecular weight excluding hydrogens is 442 g/mol. The van der Waals surface area contributed by atoms with Gasteiger partial charge in [0.15, 0.2) is 0 Å². The van der Waals surface area contributed by atoms with Crippen molar-refractivity contribution in [1.29, 1.82) is 0 Å². The Labute approximate surface area is 176 Å². The zero-order valence-electron chi connectivity index (χ0n) is 16.2. The smallest absolute Gasteiger partial charge is 0.324 e. The van der Waals surface area contributed by atoms with E-state index in [-0.39, 0.29) is 11.8 Å². The lowest BCUT2D eigenvalue weighted by Crippen LogP contribution is -2.33. The van der Waals surface area contributed by atoms with E-state index in [0.29, 0.717) is 17.7 Å². The van der Waals surface area contributed by atoms with Gasteiger partial charge < -0.3 is 5.32 Å². The summed E-state index contributed by atoms with van der Waals surface area (Å²) in [5.74, 6) is -1.03. The number of aromatic nitrogens is 3. The summed E-state index contributed by atoms with van der Waals surface area (Å²) in [7, 11) is 0. The third-order valence-corrected chi connectivity index (χ3v) is 4.38. The number of carbonyl (C=O) groups is 1. The van der Waals surface area contributed by atoms with Gasteiger partial charge in [0, 0.05) is 29.7 Å². The second-order valence-corrected chi connectivity index (χ2v) is 6.70. The number of rotatable bonds is 4. The molecule has 1 atom stereocenters. The van der Waals surface area contributed by atoms with Crippen LogP contribution >= 0.6 is 0 Å². The first-order chi connectivity index (χ1) is 14.9. The summed E-state index contributed by atoms with van der Waals surface area (Å²) in [5.41, 5.74) is -3.76. The van der Waals surface area contributed by atoms with Crippen LogP contribution in [0.4, 0.5) is 32.0 Å². The van der Waals surface area contributed by atoms with Crippen molar-refractivity contribution < 1.29 is 31.1 Å². The monoisotopic (exact) mass is 456 g/mol. The maximum Gasteiger partial charge on any atom is 0.416 e. The first-order valence-electron chi connectivity index (χ1n) is 8.97. The lowest BCUT2D eigenvalue weighted by Gasteiger charge is -2.17. The summed E-state index contributed by atoms with van der Waals surface area (Å²) in [6.45, 7) is 1.23. The number of hydrogen-bond acceptors (Lipinski definition) is 4. The molecule has 32 heavy (non-hydrogen) atoms. The molecule has 6 nitrogen and oxygen atoms in total. The highest BCUT2D eigenvalue weighted by Gasteiger charge is 2.37. The van der Waals surface area contributed by atoms with Crippen molar-refractivity contribution in [2.75, 3.05) is 5.32 Å². The van der Waals surface area contributed by atoms with Crippen LogP contribution in [0.15, 0.2) is 59.7 Å². The number of carbonyl (C=O) groups excluding carboxylic acids is 1. The van der Waals surface area contributed by atoms with Crippen molar-refractivity contribution in [3.8, 4) is 11.3 Å². The van der Waals surface area contributed by atoms with Crippen LogP contribution in [-0.2, 0) is 17.1 Å². The minimum atomic E-state index is -5.07. The molecule has 12 heteroatoms. The van der Waals surface area contributed by atoms with Crippen LogP contribution in [0, 0.1) is 0 Å². The van der Waals surface area contributed by atoms with E-state index in [1.165, 1.54) is 25.4 Å². The molecule has 1 N–H and O–H groups in total. The SMILES string of the molecule is CC(C(=O)Nc1cc(C(F)(F)F)cc(C(F)(F)F)c1)n1nc(-c2cccnc2)ccc1=O. The van der Waals surface area contributed by atoms with E-state index in [1.54, 1.807) is 12.1 Å². The fraction of sp³-hybridized carbons (Fsp3) is 0.200. The molecule has 0 saturated heterocycles. The molecular formula is C20H14F6N4O2. The Morgan fingerprint density at radius 3 is 2.16 bits per heavy atom. The summed E-state index contributed by atoms with van der Waals surface area (Å²) in [6, 6.07) is 5.15. The first-order valence-corrected chi connectivity index (χ1v) is 8.97. The van der Waals surface area contributed by atoms with Crippen LogP contribution in [0.3, 0.4) is 0 Å². The van der Waals surface area contributed by atoms with Gasteiger partial charge in [0.1, 0.15) is 6.04 Å². The molecule has 0 aliphatic rings. The van der Waals surface area contributed by atoms with Gasteiger partial charge in [-0.1, -0.05) is 0 Å². The summed E-state index contributed by atoms with van der Waals surface area (Å²) >= 11 is 0. The lowest BCUT2D eigenvalue weighted by atomic mass is 10.1. The summed E-state index contributed by atoms with van der Waals surface area (Å²) < 4.78 is 78.9. The van der Waals surface area contributed by atoms with Gasteiger partial charge in [0.05, 0.1) is 16.8 Å². The number of benzene rings is 1. The van der Waals surface area contributed by atoms with Crippen LogP contribution in [0.5, 0.6) is 0 Å². The summed E-state index contributed by atoms with van der Waals surface area (Å²) in [5, 5.41) is 6.06. The van der Waals surface area contributed by atoms with Gasteiger partial charge in [0.2, 0.25) is 5.91 Å². The number of anilines is 1. The Morgan fingerprint density at radius 1 is 1.00 bits per heavy atom. The van der Waals surface area contributed by atoms with Crippen LogP contribution in [-0.4, -0.2) is 20.7 Å². The highest BCUT2D eigenvalue weighted by molar-refractivity contribution is 5.93.